The highest BCUT2D eigenvalue weighted by atomic mass is 15.1. The van der Waals surface area contributed by atoms with E-state index in [1.165, 1.54) is 33.0 Å². The molecular formula is C54H40N2. The second-order valence-corrected chi connectivity index (χ2v) is 13.8. The Morgan fingerprint density at radius 1 is 0.250 bits per heavy atom. The first-order valence-corrected chi connectivity index (χ1v) is 19.1. The minimum atomic E-state index is 1.10. The van der Waals surface area contributed by atoms with Crippen LogP contribution in [0.4, 0.5) is 34.1 Å². The molecule has 0 aliphatic rings. The van der Waals surface area contributed by atoms with Crippen molar-refractivity contribution in [3.8, 4) is 22.3 Å². The van der Waals surface area contributed by atoms with Crippen molar-refractivity contribution >= 4 is 57.0 Å². The Labute approximate surface area is 329 Å². The molecule has 0 radical (unpaired) electrons. The number of rotatable bonds is 10. The van der Waals surface area contributed by atoms with Crippen LogP contribution in [0.2, 0.25) is 0 Å². The normalized spacial score (nSPS) is 11.1. The lowest BCUT2D eigenvalue weighted by Gasteiger charge is -2.27. The molecule has 0 spiro atoms. The summed E-state index contributed by atoms with van der Waals surface area (Å²) in [5.41, 5.74) is 13.8. The van der Waals surface area contributed by atoms with Crippen molar-refractivity contribution in [2.75, 3.05) is 9.80 Å². The zero-order valence-corrected chi connectivity index (χ0v) is 31.0. The van der Waals surface area contributed by atoms with E-state index in [4.69, 9.17) is 0 Å². The largest absolute Gasteiger partial charge is 0.311 e. The van der Waals surface area contributed by atoms with Gasteiger partial charge in [-0.05, 0) is 105 Å². The highest BCUT2D eigenvalue weighted by molar-refractivity contribution is 5.99. The summed E-state index contributed by atoms with van der Waals surface area (Å²) in [7, 11) is 0. The standard InChI is InChI=1S/C54H40N2/c1-4-13-43(14-5-1)45-29-37-50(38-30-45)55(51-39-31-46(32-40-51)44-15-6-2-7-16-44)49-33-25-41(26-34-49)23-24-42-27-35-52(36-28-42)56(48-19-8-3-9-20-48)54-22-12-18-47-17-10-11-21-53(47)54/h1-40H/b24-23+. The van der Waals surface area contributed by atoms with Crippen molar-refractivity contribution in [1.29, 1.82) is 0 Å². The molecule has 56 heavy (non-hydrogen) atoms. The topological polar surface area (TPSA) is 6.48 Å². The average Bonchev–Trinajstić information content (AvgIpc) is 3.28. The fourth-order valence-electron chi connectivity index (χ4n) is 7.38. The van der Waals surface area contributed by atoms with Gasteiger partial charge in [0.05, 0.1) is 5.69 Å². The number of hydrogen-bond donors (Lipinski definition) is 0. The molecule has 2 nitrogen and oxygen atoms in total. The SMILES string of the molecule is C(=C\c1ccc(N(c2ccccc2)c2cccc3ccccc23)cc1)/c1ccc(N(c2ccc(-c3ccccc3)cc2)c2ccc(-c3ccccc3)cc2)cc1. The molecule has 0 aliphatic heterocycles. The molecule has 0 saturated carbocycles. The molecule has 266 valence electrons. The fourth-order valence-corrected chi connectivity index (χ4v) is 7.38. The maximum Gasteiger partial charge on any atom is 0.0540 e. The quantitative estimate of drug-likeness (QED) is 0.130. The van der Waals surface area contributed by atoms with Gasteiger partial charge < -0.3 is 9.80 Å². The van der Waals surface area contributed by atoms with Gasteiger partial charge in [-0.2, -0.15) is 0 Å². The van der Waals surface area contributed by atoms with Gasteiger partial charge in [0.1, 0.15) is 0 Å². The average molecular weight is 717 g/mol. The van der Waals surface area contributed by atoms with Gasteiger partial charge in [-0.15, -0.1) is 0 Å². The third-order valence-electron chi connectivity index (χ3n) is 10.3. The Morgan fingerprint density at radius 2 is 0.607 bits per heavy atom. The predicted octanol–water partition coefficient (Wildman–Crippen LogP) is 15.3. The van der Waals surface area contributed by atoms with E-state index in [-0.39, 0.29) is 0 Å². The zero-order valence-electron chi connectivity index (χ0n) is 31.0. The van der Waals surface area contributed by atoms with Crippen molar-refractivity contribution in [3.05, 3.63) is 242 Å². The van der Waals surface area contributed by atoms with Crippen LogP contribution in [0.1, 0.15) is 11.1 Å². The Balaban J connectivity index is 0.987. The van der Waals surface area contributed by atoms with Gasteiger partial charge in [0.15, 0.2) is 0 Å². The van der Waals surface area contributed by atoms with Crippen LogP contribution in [-0.4, -0.2) is 0 Å². The van der Waals surface area contributed by atoms with Crippen molar-refractivity contribution in [3.63, 3.8) is 0 Å². The summed E-state index contributed by atoms with van der Waals surface area (Å²) in [5, 5.41) is 2.44. The minimum Gasteiger partial charge on any atom is -0.311 e. The zero-order chi connectivity index (χ0) is 37.5. The number of para-hydroxylation sites is 1. The first-order valence-electron chi connectivity index (χ1n) is 19.1. The summed E-state index contributed by atoms with van der Waals surface area (Å²) < 4.78 is 0. The minimum absolute atomic E-state index is 1.10. The van der Waals surface area contributed by atoms with Gasteiger partial charge in [0.25, 0.3) is 0 Å². The van der Waals surface area contributed by atoms with E-state index in [9.17, 15) is 0 Å². The molecule has 0 fully saturated rings. The predicted molar refractivity (Wildman–Crippen MR) is 240 cm³/mol. The second-order valence-electron chi connectivity index (χ2n) is 13.8. The van der Waals surface area contributed by atoms with Crippen LogP contribution in [-0.2, 0) is 0 Å². The molecule has 9 rings (SSSR count). The van der Waals surface area contributed by atoms with Crippen LogP contribution < -0.4 is 9.80 Å². The van der Waals surface area contributed by atoms with Crippen LogP contribution in [0.3, 0.4) is 0 Å². The van der Waals surface area contributed by atoms with Gasteiger partial charge in [-0.25, -0.2) is 0 Å². The Kier molecular flexibility index (Phi) is 9.75. The summed E-state index contributed by atoms with van der Waals surface area (Å²) in [6.07, 6.45) is 4.37. The summed E-state index contributed by atoms with van der Waals surface area (Å²) in [6, 6.07) is 82.1. The lowest BCUT2D eigenvalue weighted by Crippen LogP contribution is -2.10. The summed E-state index contributed by atoms with van der Waals surface area (Å²) in [4.78, 5) is 4.66. The van der Waals surface area contributed by atoms with Gasteiger partial charge in [0, 0.05) is 33.8 Å². The highest BCUT2D eigenvalue weighted by Crippen LogP contribution is 2.40. The molecule has 0 bridgehead atoms. The number of hydrogen-bond acceptors (Lipinski definition) is 2. The Bertz CT molecular complexity index is 2600. The number of fused-ring (bicyclic) bond motifs is 1. The molecule has 0 atom stereocenters. The Morgan fingerprint density at radius 3 is 1.11 bits per heavy atom. The molecule has 0 aliphatic carbocycles. The first-order chi connectivity index (χ1) is 27.8. The molecule has 9 aromatic carbocycles. The number of nitrogens with zero attached hydrogens (tertiary/aromatic N) is 2. The molecule has 0 N–H and O–H groups in total. The summed E-state index contributed by atoms with van der Waals surface area (Å²) >= 11 is 0. The third kappa shape index (κ3) is 7.37. The summed E-state index contributed by atoms with van der Waals surface area (Å²) in [6.45, 7) is 0. The molecule has 0 amide bonds. The van der Waals surface area contributed by atoms with Crippen LogP contribution >= 0.6 is 0 Å². The van der Waals surface area contributed by atoms with E-state index >= 15 is 0 Å². The fraction of sp³-hybridized carbons (Fsp3) is 0. The monoisotopic (exact) mass is 716 g/mol. The molecule has 0 unspecified atom stereocenters. The van der Waals surface area contributed by atoms with Crippen LogP contribution in [0.15, 0.2) is 231 Å². The van der Waals surface area contributed by atoms with Crippen molar-refractivity contribution in [2.24, 2.45) is 0 Å². The number of benzene rings is 9. The highest BCUT2D eigenvalue weighted by Gasteiger charge is 2.16. The van der Waals surface area contributed by atoms with Crippen molar-refractivity contribution in [2.45, 2.75) is 0 Å². The molecule has 0 heterocycles. The molecule has 2 heteroatoms. The van der Waals surface area contributed by atoms with Gasteiger partial charge >= 0.3 is 0 Å². The first kappa shape index (κ1) is 34.4. The van der Waals surface area contributed by atoms with E-state index in [1.54, 1.807) is 0 Å². The van der Waals surface area contributed by atoms with Crippen molar-refractivity contribution in [1.82, 2.24) is 0 Å². The van der Waals surface area contributed by atoms with E-state index < -0.39 is 0 Å². The van der Waals surface area contributed by atoms with Crippen LogP contribution in [0.5, 0.6) is 0 Å². The molecular weight excluding hydrogens is 677 g/mol. The lowest BCUT2D eigenvalue weighted by atomic mass is 10.0. The van der Waals surface area contributed by atoms with E-state index in [0.29, 0.717) is 0 Å². The maximum absolute atomic E-state index is 2.34. The number of anilines is 6. The maximum atomic E-state index is 2.34. The van der Waals surface area contributed by atoms with Gasteiger partial charge in [-0.1, -0.05) is 176 Å². The third-order valence-corrected chi connectivity index (χ3v) is 10.3. The van der Waals surface area contributed by atoms with Gasteiger partial charge in [-0.3, -0.25) is 0 Å². The smallest absolute Gasteiger partial charge is 0.0540 e. The van der Waals surface area contributed by atoms with Crippen molar-refractivity contribution < 1.29 is 0 Å². The van der Waals surface area contributed by atoms with Gasteiger partial charge in [0.2, 0.25) is 0 Å². The second kappa shape index (κ2) is 15.9. The van der Waals surface area contributed by atoms with E-state index in [1.807, 2.05) is 0 Å². The van der Waals surface area contributed by atoms with E-state index in [2.05, 4.69) is 252 Å². The molecule has 9 aromatic rings. The van der Waals surface area contributed by atoms with Crippen LogP contribution in [0, 0.1) is 0 Å². The van der Waals surface area contributed by atoms with Crippen LogP contribution in [0.25, 0.3) is 45.2 Å². The van der Waals surface area contributed by atoms with E-state index in [0.717, 1.165) is 45.3 Å². The molecule has 0 aromatic heterocycles. The molecule has 0 saturated heterocycles. The lowest BCUT2D eigenvalue weighted by molar-refractivity contribution is 1.28. The summed E-state index contributed by atoms with van der Waals surface area (Å²) in [5.74, 6) is 0. The Hall–Kier alpha value is -7.42.